The van der Waals surface area contributed by atoms with E-state index in [1.165, 1.54) is 25.7 Å². The Bertz CT molecular complexity index is 7040. The standard InChI is InChI=1S/C28H28N6O4.C26H28N6O4.2C24H26N6O4/c35-27(24-5-4-23(37-24)19-14-18-6-7-29-26(18)30-17-19)31-20-16-25-21(15-22(20)33-8-2-1-3-9-33)32-28(38-25)34-10-12-36-13-11-34;27-24-7-4-17(16-28-24)21-5-6-22(35-21)25(33)29-18-15-23-19(14-20(18)31-8-2-1-3-9-31)30-26(36-23)32-10-12-34-13-11-32;31-23(21-5-4-20(33-21)16-6-7-25-28-16)26-17-15-22-18(14-19(17)29-8-2-1-3-9-29)27-24(34-22)30-10-12-32-13-11-30;31-23(21-5-4-20(33-21)16-14-25-26-15-16)27-17-13-22-18(12-19(17)29-6-2-1-3-7-29)28-24(34-22)30-8-10-32-11-9-30/h4-7,14-17H,1-3,8-13H2,(H,29,30)(H,31,35);4-7,14-16H,1-3,8-13H2,(H2,27,28)(H,29,33);4-7,14-15H,1-3,8-13H2,(H,25,28)(H,26,31);4-5,12-15H,1-3,6-11H2,(H,25,26)(H,27,31). The predicted molar refractivity (Wildman–Crippen MR) is 537 cm³/mol. The Morgan fingerprint density at radius 2 is 0.662 bits per heavy atom. The number of morpholine rings is 4. The van der Waals surface area contributed by atoms with Gasteiger partial charge in [-0.05, 0) is 180 Å². The molecule has 8 saturated heterocycles. The van der Waals surface area contributed by atoms with Crippen molar-refractivity contribution in [2.45, 2.75) is 77.0 Å². The number of amides is 4. The Labute approximate surface area is 812 Å². The van der Waals surface area contributed by atoms with Gasteiger partial charge in [0.15, 0.2) is 51.1 Å². The molecular formula is C102H108N24O16. The number of H-pyrrole nitrogens is 3. The van der Waals surface area contributed by atoms with E-state index < -0.39 is 0 Å². The van der Waals surface area contributed by atoms with Crippen LogP contribution in [-0.4, -0.2) is 236 Å². The van der Waals surface area contributed by atoms with Crippen LogP contribution in [0.15, 0.2) is 200 Å². The molecule has 21 heterocycles. The fourth-order valence-electron chi connectivity index (χ4n) is 18.9. The van der Waals surface area contributed by atoms with Gasteiger partial charge in [0, 0.05) is 176 Å². The number of nitrogen functional groups attached to an aromatic ring is 1. The number of carbonyl (C=O) groups is 4. The van der Waals surface area contributed by atoms with Crippen LogP contribution >= 0.6 is 0 Å². The van der Waals surface area contributed by atoms with Gasteiger partial charge >= 0.3 is 0 Å². The van der Waals surface area contributed by atoms with Gasteiger partial charge in [-0.3, -0.25) is 29.4 Å². The summed E-state index contributed by atoms with van der Waals surface area (Å²) >= 11 is 0. The molecular weight excluding hydrogens is 1820 g/mol. The molecule has 8 aliphatic heterocycles. The number of furan rings is 4. The number of ether oxygens (including phenoxy) is 4. The molecule has 8 aliphatic rings. The summed E-state index contributed by atoms with van der Waals surface area (Å²) in [5.41, 5.74) is 21.7. The van der Waals surface area contributed by atoms with Crippen molar-refractivity contribution in [1.82, 2.24) is 55.3 Å². The molecule has 732 valence electrons. The number of hydrogen-bond donors (Lipinski definition) is 8. The van der Waals surface area contributed by atoms with Crippen molar-refractivity contribution in [2.75, 3.05) is 224 Å². The topological polar surface area (TPSA) is 461 Å². The van der Waals surface area contributed by atoms with Crippen molar-refractivity contribution >= 4 is 154 Å². The first-order valence-corrected chi connectivity index (χ1v) is 48.7. The van der Waals surface area contributed by atoms with E-state index >= 15 is 0 Å². The molecule has 40 nitrogen and oxygen atoms in total. The zero-order chi connectivity index (χ0) is 95.8. The molecule has 25 rings (SSSR count). The number of oxazole rings is 4. The number of piperidine rings is 4. The normalized spacial score (nSPS) is 16.6. The van der Waals surface area contributed by atoms with Crippen molar-refractivity contribution in [3.8, 4) is 45.4 Å². The molecule has 0 saturated carbocycles. The Balaban J connectivity index is 0.000000109. The van der Waals surface area contributed by atoms with E-state index in [1.807, 2.05) is 66.9 Å². The summed E-state index contributed by atoms with van der Waals surface area (Å²) in [6.07, 6.45) is 24.0. The maximum absolute atomic E-state index is 13.3. The molecule has 142 heavy (non-hydrogen) atoms. The molecule has 0 radical (unpaired) electrons. The molecule has 9 N–H and O–H groups in total. The van der Waals surface area contributed by atoms with Gasteiger partial charge in [0.25, 0.3) is 47.7 Å². The van der Waals surface area contributed by atoms with Crippen LogP contribution in [-0.2, 0) is 18.9 Å². The number of hydrogen-bond acceptors (Lipinski definition) is 33. The average Bonchev–Trinajstić information content (AvgIpc) is 1.63. The summed E-state index contributed by atoms with van der Waals surface area (Å²) < 4.78 is 69.5. The van der Waals surface area contributed by atoms with Crippen molar-refractivity contribution < 1.29 is 73.5 Å². The number of carbonyl (C=O) groups excluding carboxylic acids is 4. The summed E-state index contributed by atoms with van der Waals surface area (Å²) in [6.45, 7) is 18.6. The lowest BCUT2D eigenvalue weighted by Gasteiger charge is -2.30. The van der Waals surface area contributed by atoms with E-state index in [0.29, 0.717) is 157 Å². The first kappa shape index (κ1) is 91.2. The number of pyridine rings is 2. The fourth-order valence-corrected chi connectivity index (χ4v) is 18.9. The fraction of sp³-hybridized carbons (Fsp3) is 0.353. The molecule has 4 aromatic carbocycles. The van der Waals surface area contributed by atoms with Crippen LogP contribution in [0, 0.1) is 0 Å². The summed E-state index contributed by atoms with van der Waals surface area (Å²) in [5, 5.41) is 26.6. The van der Waals surface area contributed by atoms with Gasteiger partial charge in [0.2, 0.25) is 0 Å². The van der Waals surface area contributed by atoms with Gasteiger partial charge in [0.1, 0.15) is 56.5 Å². The van der Waals surface area contributed by atoms with Crippen LogP contribution in [0.4, 0.5) is 75.4 Å². The highest BCUT2D eigenvalue weighted by molar-refractivity contribution is 6.09. The monoisotopic (exact) mass is 1920 g/mol. The van der Waals surface area contributed by atoms with Gasteiger partial charge in [-0.2, -0.15) is 30.1 Å². The van der Waals surface area contributed by atoms with E-state index in [1.54, 1.807) is 97.7 Å². The highest BCUT2D eigenvalue weighted by atomic mass is 16.5. The van der Waals surface area contributed by atoms with Crippen LogP contribution in [0.3, 0.4) is 0 Å². The molecule has 8 fully saturated rings. The Kier molecular flexibility index (Phi) is 26.7. The lowest BCUT2D eigenvalue weighted by Crippen LogP contribution is -2.36. The number of nitrogens with zero attached hydrogens (tertiary/aromatic N) is 16. The number of rotatable bonds is 20. The summed E-state index contributed by atoms with van der Waals surface area (Å²) in [6, 6.07) is 40.8. The largest absolute Gasteiger partial charge is 0.451 e. The molecule has 17 aromatic rings. The zero-order valence-corrected chi connectivity index (χ0v) is 78.3. The van der Waals surface area contributed by atoms with Gasteiger partial charge in [-0.25, -0.2) is 9.97 Å². The Morgan fingerprint density at radius 1 is 0.317 bits per heavy atom. The average molecular weight is 1930 g/mol. The quantitative estimate of drug-likeness (QED) is 0.0351. The smallest absolute Gasteiger partial charge is 0.298 e. The highest BCUT2D eigenvalue weighted by Gasteiger charge is 2.32. The second-order valence-corrected chi connectivity index (χ2v) is 36.0. The van der Waals surface area contributed by atoms with E-state index in [2.05, 4.69) is 95.8 Å². The molecule has 4 amide bonds. The van der Waals surface area contributed by atoms with Gasteiger partial charge in [0.05, 0.1) is 110 Å². The minimum atomic E-state index is -0.338. The van der Waals surface area contributed by atoms with Crippen molar-refractivity contribution in [1.29, 1.82) is 0 Å². The highest BCUT2D eigenvalue weighted by Crippen LogP contribution is 2.43. The molecule has 0 spiro atoms. The minimum absolute atomic E-state index is 0.207. The first-order chi connectivity index (χ1) is 69.8. The zero-order valence-electron chi connectivity index (χ0n) is 78.3. The van der Waals surface area contributed by atoms with Crippen LogP contribution in [0.2, 0.25) is 0 Å². The number of fused-ring (bicyclic) bond motifs is 5. The van der Waals surface area contributed by atoms with Crippen molar-refractivity contribution in [3.63, 3.8) is 0 Å². The van der Waals surface area contributed by atoms with Gasteiger partial charge < -0.3 is 125 Å². The SMILES string of the molecule is Nc1ccc(-c2ccc(C(=O)Nc3cc4oc(N5CCOCC5)nc4cc3N3CCCCC3)o2)cn1.O=C(Nc1cc2oc(N3CCOCC3)nc2cc1N1CCCCC1)c1ccc(-c2ccn[nH]2)o1.O=C(Nc1cc2oc(N3CCOCC3)nc2cc1N1CCCCC1)c1ccc(-c2cn[nH]c2)o1.O=C(Nc1cc2oc(N3CCOCC3)nc2cc1N1CCCCC1)c1ccc(-c2cnc3[nH]ccc3c2)o1. The number of aromatic nitrogens is 11. The number of anilines is 13. The van der Waals surface area contributed by atoms with E-state index in [-0.39, 0.29) is 46.7 Å². The van der Waals surface area contributed by atoms with Crippen LogP contribution < -0.4 is 66.2 Å². The summed E-state index contributed by atoms with van der Waals surface area (Å²) in [7, 11) is 0. The number of aromatic amines is 3. The minimum Gasteiger partial charge on any atom is -0.451 e. The number of benzene rings is 4. The van der Waals surface area contributed by atoms with Gasteiger partial charge in [-0.15, -0.1) is 0 Å². The molecule has 13 aromatic heterocycles. The lowest BCUT2D eigenvalue weighted by atomic mass is 10.1. The maximum Gasteiger partial charge on any atom is 0.298 e. The second-order valence-electron chi connectivity index (χ2n) is 36.0. The second kappa shape index (κ2) is 41.6. The first-order valence-electron chi connectivity index (χ1n) is 48.7. The third kappa shape index (κ3) is 20.5. The summed E-state index contributed by atoms with van der Waals surface area (Å²) in [5.74, 6) is 2.28. The predicted octanol–water partition coefficient (Wildman–Crippen LogP) is 17.0. The van der Waals surface area contributed by atoms with Crippen LogP contribution in [0.25, 0.3) is 101 Å². The molecule has 0 bridgehead atoms. The van der Waals surface area contributed by atoms with E-state index in [9.17, 15) is 19.2 Å². The lowest BCUT2D eigenvalue weighted by molar-refractivity contribution is 0.0990. The Hall–Kier alpha value is -15.9. The van der Waals surface area contributed by atoms with E-state index in [4.69, 9.17) is 80.0 Å². The third-order valence-corrected chi connectivity index (χ3v) is 26.5. The Morgan fingerprint density at radius 3 is 1.00 bits per heavy atom. The molecule has 0 unspecified atom stereocenters. The van der Waals surface area contributed by atoms with Crippen molar-refractivity contribution in [2.24, 2.45) is 0 Å². The molecule has 0 aliphatic carbocycles. The van der Waals surface area contributed by atoms with Crippen LogP contribution in [0.5, 0.6) is 0 Å². The molecule has 0 atom stereocenters. The number of nitrogens with two attached hydrogens (primary N) is 1. The maximum atomic E-state index is 13.3. The van der Waals surface area contributed by atoms with Crippen LogP contribution in [0.1, 0.15) is 119 Å². The summed E-state index contributed by atoms with van der Waals surface area (Å²) in [4.78, 5) is 101. The van der Waals surface area contributed by atoms with Crippen molar-refractivity contribution in [3.05, 3.63) is 188 Å². The van der Waals surface area contributed by atoms with E-state index in [0.717, 1.165) is 229 Å². The van der Waals surface area contributed by atoms with Gasteiger partial charge in [-0.1, -0.05) is 0 Å². The molecule has 40 heteroatoms. The number of nitrogens with one attached hydrogen (secondary N) is 7. The third-order valence-electron chi connectivity index (χ3n) is 26.5.